The van der Waals surface area contributed by atoms with Crippen LogP contribution in [0, 0.1) is 18.7 Å². The first-order valence-corrected chi connectivity index (χ1v) is 10.1. The maximum atomic E-state index is 14.7. The molecule has 0 aliphatic heterocycles. The molecule has 28 heavy (non-hydrogen) atoms. The zero-order chi connectivity index (χ0) is 18.8. The Morgan fingerprint density at radius 1 is 0.750 bits per heavy atom. The van der Waals surface area contributed by atoms with Crippen LogP contribution in [0.1, 0.15) is 58.5 Å². The second kappa shape index (κ2) is 8.73. The third-order valence-corrected chi connectivity index (χ3v) is 6.06. The van der Waals surface area contributed by atoms with Crippen LogP contribution in [-0.2, 0) is 0 Å². The van der Waals surface area contributed by atoms with Crippen LogP contribution in [0.15, 0.2) is 66.7 Å². The molecule has 1 aliphatic carbocycles. The quantitative estimate of drug-likeness (QED) is 0.429. The molecule has 0 amide bonds. The van der Waals surface area contributed by atoms with Gasteiger partial charge < -0.3 is 0 Å². The second-order valence-corrected chi connectivity index (χ2v) is 8.14. The summed E-state index contributed by atoms with van der Waals surface area (Å²) in [6.45, 7) is 4.40. The van der Waals surface area contributed by atoms with Crippen LogP contribution >= 0.6 is 0 Å². The molecule has 0 bridgehead atoms. The Hall–Kier alpha value is -2.41. The highest BCUT2D eigenvalue weighted by Crippen LogP contribution is 2.36. The predicted octanol–water partition coefficient (Wildman–Crippen LogP) is 8.64. The van der Waals surface area contributed by atoms with Crippen LogP contribution in [0.2, 0.25) is 0 Å². The SMILES string of the molecule is C.Cc1ccc(-c2ccc(-c3ccc(C4CCC(C)CC4)cc3)cc2F)cc1.[HH]. The maximum Gasteiger partial charge on any atom is 0.131 e. The van der Waals surface area contributed by atoms with E-state index in [-0.39, 0.29) is 14.7 Å². The van der Waals surface area contributed by atoms with Gasteiger partial charge in [-0.25, -0.2) is 4.39 Å². The lowest BCUT2D eigenvalue weighted by Gasteiger charge is -2.26. The van der Waals surface area contributed by atoms with Gasteiger partial charge in [-0.05, 0) is 59.9 Å². The van der Waals surface area contributed by atoms with Gasteiger partial charge in [0.25, 0.3) is 0 Å². The molecule has 0 unspecified atom stereocenters. The molecule has 0 atom stereocenters. The largest absolute Gasteiger partial charge is 0.206 e. The van der Waals surface area contributed by atoms with Crippen molar-refractivity contribution in [2.24, 2.45) is 5.92 Å². The molecule has 1 saturated carbocycles. The Labute approximate surface area is 170 Å². The van der Waals surface area contributed by atoms with Gasteiger partial charge in [-0.15, -0.1) is 0 Å². The molecule has 3 aromatic rings. The number of benzene rings is 3. The Kier molecular flexibility index (Phi) is 6.34. The lowest BCUT2D eigenvalue weighted by atomic mass is 9.79. The van der Waals surface area contributed by atoms with E-state index < -0.39 is 0 Å². The normalized spacial score (nSPS) is 19.1. The molecule has 0 nitrogen and oxygen atoms in total. The van der Waals surface area contributed by atoms with Crippen LogP contribution in [-0.4, -0.2) is 0 Å². The topological polar surface area (TPSA) is 0 Å². The Bertz CT molecular complexity index is 904. The highest BCUT2D eigenvalue weighted by atomic mass is 19.1. The summed E-state index contributed by atoms with van der Waals surface area (Å²) in [5.74, 6) is 1.40. The zero-order valence-electron chi connectivity index (χ0n) is 16.2. The summed E-state index contributed by atoms with van der Waals surface area (Å²) in [7, 11) is 0. The number of rotatable bonds is 3. The molecular weight excluding hydrogens is 343 g/mol. The third-order valence-electron chi connectivity index (χ3n) is 6.06. The fourth-order valence-corrected chi connectivity index (χ4v) is 4.20. The maximum absolute atomic E-state index is 14.7. The van der Waals surface area contributed by atoms with Gasteiger partial charge in [-0.1, -0.05) is 93.4 Å². The highest BCUT2D eigenvalue weighted by molar-refractivity contribution is 5.71. The molecule has 3 aromatic carbocycles. The number of hydrogen-bond donors (Lipinski definition) is 0. The molecule has 1 fully saturated rings. The zero-order valence-corrected chi connectivity index (χ0v) is 16.2. The van der Waals surface area contributed by atoms with E-state index in [1.165, 1.54) is 36.8 Å². The van der Waals surface area contributed by atoms with Crippen LogP contribution in [0.5, 0.6) is 0 Å². The van der Waals surface area contributed by atoms with Crippen molar-refractivity contribution in [3.8, 4) is 22.3 Å². The van der Waals surface area contributed by atoms with Crippen molar-refractivity contribution in [2.45, 2.75) is 52.9 Å². The summed E-state index contributed by atoms with van der Waals surface area (Å²) in [5.41, 5.74) is 6.22. The Balaban J connectivity index is 0.00000150. The molecule has 0 aromatic heterocycles. The molecule has 0 radical (unpaired) electrons. The first-order valence-electron chi connectivity index (χ1n) is 10.1. The van der Waals surface area contributed by atoms with E-state index in [1.54, 1.807) is 6.07 Å². The summed E-state index contributed by atoms with van der Waals surface area (Å²) < 4.78 is 14.7. The summed E-state index contributed by atoms with van der Waals surface area (Å²) in [4.78, 5) is 0. The van der Waals surface area contributed by atoms with Crippen molar-refractivity contribution in [1.29, 1.82) is 0 Å². The number of halogens is 1. The van der Waals surface area contributed by atoms with E-state index in [1.807, 2.05) is 43.3 Å². The smallest absolute Gasteiger partial charge is 0.131 e. The minimum absolute atomic E-state index is 0. The van der Waals surface area contributed by atoms with Gasteiger partial charge >= 0.3 is 0 Å². The second-order valence-electron chi connectivity index (χ2n) is 8.14. The van der Waals surface area contributed by atoms with E-state index in [9.17, 15) is 4.39 Å². The summed E-state index contributed by atoms with van der Waals surface area (Å²) in [6.07, 6.45) is 5.25. The van der Waals surface area contributed by atoms with Crippen LogP contribution < -0.4 is 0 Å². The lowest BCUT2D eigenvalue weighted by molar-refractivity contribution is 0.348. The van der Waals surface area contributed by atoms with Gasteiger partial charge in [0, 0.05) is 6.99 Å². The summed E-state index contributed by atoms with van der Waals surface area (Å²) in [5, 5.41) is 0. The van der Waals surface area contributed by atoms with E-state index in [0.717, 1.165) is 22.6 Å². The average Bonchev–Trinajstić information content (AvgIpc) is 2.69. The third kappa shape index (κ3) is 4.35. The van der Waals surface area contributed by atoms with Crippen molar-refractivity contribution in [3.05, 3.63) is 83.7 Å². The van der Waals surface area contributed by atoms with Gasteiger partial charge in [-0.3, -0.25) is 0 Å². The van der Waals surface area contributed by atoms with Crippen molar-refractivity contribution in [3.63, 3.8) is 0 Å². The monoisotopic (exact) mass is 376 g/mol. The predicted molar refractivity (Wildman–Crippen MR) is 121 cm³/mol. The van der Waals surface area contributed by atoms with Crippen molar-refractivity contribution < 1.29 is 5.82 Å². The van der Waals surface area contributed by atoms with Gasteiger partial charge in [0.15, 0.2) is 0 Å². The molecule has 0 spiro atoms. The minimum atomic E-state index is -0.165. The van der Waals surface area contributed by atoms with Gasteiger partial charge in [0.05, 0.1) is 0 Å². The molecule has 1 aliphatic rings. The summed E-state index contributed by atoms with van der Waals surface area (Å²) >= 11 is 0. The van der Waals surface area contributed by atoms with E-state index >= 15 is 0 Å². The standard InChI is InChI=1S/C26H27F.CH4.H2/c1-18-3-7-20(8-4-18)21-11-13-22(14-12-21)24-15-16-25(26(27)17-24)23-9-5-19(2)6-10-23;;/h5-6,9-18,20H,3-4,7-8H2,1-2H3;1H4;1H. The van der Waals surface area contributed by atoms with Gasteiger partial charge in [0.2, 0.25) is 0 Å². The molecule has 0 N–H and O–H groups in total. The van der Waals surface area contributed by atoms with Crippen LogP contribution in [0.25, 0.3) is 22.3 Å². The van der Waals surface area contributed by atoms with Crippen LogP contribution in [0.4, 0.5) is 4.39 Å². The minimum Gasteiger partial charge on any atom is -0.206 e. The van der Waals surface area contributed by atoms with Crippen molar-refractivity contribution in [2.75, 3.05) is 0 Å². The summed E-state index contributed by atoms with van der Waals surface area (Å²) in [6, 6.07) is 22.3. The Morgan fingerprint density at radius 3 is 1.93 bits per heavy atom. The molecule has 4 rings (SSSR count). The fraction of sp³-hybridized carbons (Fsp3) is 0.333. The molecular formula is C27H33F. The fourth-order valence-electron chi connectivity index (χ4n) is 4.20. The van der Waals surface area contributed by atoms with E-state index in [0.29, 0.717) is 11.5 Å². The molecule has 148 valence electrons. The molecule has 0 heterocycles. The Morgan fingerprint density at radius 2 is 1.32 bits per heavy atom. The average molecular weight is 377 g/mol. The molecule has 0 saturated heterocycles. The number of hydrogen-bond acceptors (Lipinski definition) is 0. The van der Waals surface area contributed by atoms with Gasteiger partial charge in [0.1, 0.15) is 5.82 Å². The molecule has 1 heteroatoms. The number of aryl methyl sites for hydroxylation is 1. The van der Waals surface area contributed by atoms with Gasteiger partial charge in [-0.2, -0.15) is 0 Å². The first kappa shape index (κ1) is 20.3. The van der Waals surface area contributed by atoms with E-state index in [4.69, 9.17) is 0 Å². The lowest BCUT2D eigenvalue weighted by Crippen LogP contribution is -2.10. The van der Waals surface area contributed by atoms with Crippen LogP contribution in [0.3, 0.4) is 0 Å². The first-order chi connectivity index (χ1) is 13.1. The van der Waals surface area contributed by atoms with Crippen molar-refractivity contribution in [1.82, 2.24) is 0 Å². The highest BCUT2D eigenvalue weighted by Gasteiger charge is 2.19. The van der Waals surface area contributed by atoms with E-state index in [2.05, 4.69) is 31.2 Å². The van der Waals surface area contributed by atoms with Crippen molar-refractivity contribution >= 4 is 0 Å².